The van der Waals surface area contributed by atoms with Gasteiger partial charge in [0.25, 0.3) is 11.5 Å². The molecule has 1 fully saturated rings. The van der Waals surface area contributed by atoms with E-state index in [4.69, 9.17) is 5.73 Å². The van der Waals surface area contributed by atoms with Gasteiger partial charge in [0.1, 0.15) is 22.9 Å². The lowest BCUT2D eigenvalue weighted by molar-refractivity contribution is 0.0876. The quantitative estimate of drug-likeness (QED) is 0.493. The van der Waals surface area contributed by atoms with E-state index in [0.29, 0.717) is 24.3 Å². The highest BCUT2D eigenvalue weighted by Gasteiger charge is 2.46. The van der Waals surface area contributed by atoms with Crippen LogP contribution in [0.3, 0.4) is 0 Å². The first-order valence-corrected chi connectivity index (χ1v) is 10.9. The smallest absolute Gasteiger partial charge is 0.277 e. The van der Waals surface area contributed by atoms with Gasteiger partial charge in [-0.05, 0) is 62.3 Å². The third kappa shape index (κ3) is 2.81. The van der Waals surface area contributed by atoms with E-state index in [2.05, 4.69) is 20.9 Å². The third-order valence-electron chi connectivity index (χ3n) is 6.72. The fraction of sp³-hybridized carbons (Fsp3) is 0.500. The average molecular weight is 409 g/mol. The van der Waals surface area contributed by atoms with Crippen LogP contribution in [0.5, 0.6) is 0 Å². The molecule has 8 heteroatoms. The van der Waals surface area contributed by atoms with Crippen molar-refractivity contribution >= 4 is 23.1 Å². The zero-order valence-corrected chi connectivity index (χ0v) is 17.3. The molecule has 0 radical (unpaired) electrons. The Bertz CT molecular complexity index is 1080. The minimum absolute atomic E-state index is 0.106. The van der Waals surface area contributed by atoms with Crippen LogP contribution < -0.4 is 27.2 Å². The number of pyridine rings is 2. The van der Waals surface area contributed by atoms with Crippen molar-refractivity contribution in [1.29, 1.82) is 0 Å². The Balaban J connectivity index is 1.58. The summed E-state index contributed by atoms with van der Waals surface area (Å²) in [5.74, 6) is 0.634. The van der Waals surface area contributed by atoms with Gasteiger partial charge in [0.05, 0.1) is 0 Å². The number of amides is 1. The summed E-state index contributed by atoms with van der Waals surface area (Å²) in [5.41, 5.74) is 9.68. The van der Waals surface area contributed by atoms with Gasteiger partial charge in [-0.25, -0.2) is 4.98 Å². The number of hydrogen-bond donors (Lipinski definition) is 4. The van der Waals surface area contributed by atoms with Crippen molar-refractivity contribution in [1.82, 2.24) is 14.9 Å². The number of aromatic nitrogens is 2. The molecule has 2 aliphatic heterocycles. The highest BCUT2D eigenvalue weighted by Crippen LogP contribution is 2.41. The molecule has 0 unspecified atom stereocenters. The summed E-state index contributed by atoms with van der Waals surface area (Å²) in [4.78, 5) is 31.0. The average Bonchev–Trinajstić information content (AvgIpc) is 3.03. The van der Waals surface area contributed by atoms with Crippen molar-refractivity contribution in [2.24, 2.45) is 5.73 Å². The normalized spacial score (nSPS) is 18.3. The number of carbonyl (C=O) groups excluding carboxylic acids is 1. The van der Waals surface area contributed by atoms with Gasteiger partial charge in [-0.3, -0.25) is 14.2 Å². The lowest BCUT2D eigenvalue weighted by Gasteiger charge is -2.36. The second-order valence-corrected chi connectivity index (χ2v) is 8.61. The molecule has 0 bridgehead atoms. The van der Waals surface area contributed by atoms with Crippen molar-refractivity contribution in [3.05, 3.63) is 45.0 Å². The number of nitrogens with zero attached hydrogens (tertiary/aromatic N) is 2. The summed E-state index contributed by atoms with van der Waals surface area (Å²) in [6, 6.07) is 1.95. The lowest BCUT2D eigenvalue weighted by Crippen LogP contribution is -2.49. The predicted molar refractivity (Wildman–Crippen MR) is 116 cm³/mol. The molecule has 4 heterocycles. The number of fused-ring (bicyclic) bond motifs is 4. The molecule has 1 aliphatic carbocycles. The van der Waals surface area contributed by atoms with Crippen LogP contribution in [0.4, 0.5) is 17.2 Å². The Morgan fingerprint density at radius 1 is 1.27 bits per heavy atom. The van der Waals surface area contributed by atoms with Gasteiger partial charge in [0.15, 0.2) is 0 Å². The largest absolute Gasteiger partial charge is 0.370 e. The van der Waals surface area contributed by atoms with Crippen molar-refractivity contribution in [3.63, 3.8) is 0 Å². The van der Waals surface area contributed by atoms with Crippen LogP contribution in [0.2, 0.25) is 0 Å². The van der Waals surface area contributed by atoms with Crippen molar-refractivity contribution in [3.8, 4) is 0 Å². The van der Waals surface area contributed by atoms with E-state index in [1.807, 2.05) is 19.2 Å². The SMILES string of the molecule is Cc1c2c(c(=O)n3c1C(=O)NC31CCCCC1)Nc1cc(NCCCN)ncc1C2. The first kappa shape index (κ1) is 19.1. The van der Waals surface area contributed by atoms with Gasteiger partial charge >= 0.3 is 0 Å². The summed E-state index contributed by atoms with van der Waals surface area (Å²) < 4.78 is 1.75. The Morgan fingerprint density at radius 2 is 2.07 bits per heavy atom. The third-order valence-corrected chi connectivity index (χ3v) is 6.72. The molecule has 5 rings (SSSR count). The highest BCUT2D eigenvalue weighted by atomic mass is 16.2. The minimum atomic E-state index is -0.573. The Hall–Kier alpha value is -2.87. The molecular formula is C22H28N6O2. The molecule has 2 aromatic heterocycles. The topological polar surface area (TPSA) is 114 Å². The second-order valence-electron chi connectivity index (χ2n) is 8.61. The van der Waals surface area contributed by atoms with E-state index in [1.54, 1.807) is 4.57 Å². The zero-order chi connectivity index (χ0) is 20.9. The van der Waals surface area contributed by atoms with Crippen molar-refractivity contribution in [2.75, 3.05) is 23.7 Å². The zero-order valence-electron chi connectivity index (χ0n) is 17.3. The Morgan fingerprint density at radius 3 is 2.83 bits per heavy atom. The molecule has 1 saturated carbocycles. The molecule has 0 atom stereocenters. The van der Waals surface area contributed by atoms with Gasteiger partial charge < -0.3 is 21.7 Å². The van der Waals surface area contributed by atoms with Gasteiger partial charge in [0, 0.05) is 30.9 Å². The molecule has 158 valence electrons. The Labute approximate surface area is 175 Å². The van der Waals surface area contributed by atoms with Crippen molar-refractivity contribution < 1.29 is 4.79 Å². The maximum absolute atomic E-state index is 13.6. The number of rotatable bonds is 4. The standard InChI is InChI=1S/C22H28N6O2/c1-13-15-10-14-12-25-17(24-9-5-8-23)11-16(14)26-18(15)21(30)28-19(13)20(29)27-22(28)6-3-2-4-7-22/h11-12,26H,2-10,23H2,1H3,(H,24,25)(H,27,29). The number of nitrogens with two attached hydrogens (primary N) is 1. The summed E-state index contributed by atoms with van der Waals surface area (Å²) in [6.45, 7) is 3.33. The summed E-state index contributed by atoms with van der Waals surface area (Å²) in [7, 11) is 0. The number of nitrogens with one attached hydrogen (secondary N) is 3. The number of carbonyl (C=O) groups is 1. The van der Waals surface area contributed by atoms with E-state index in [-0.39, 0.29) is 11.5 Å². The fourth-order valence-electron chi connectivity index (χ4n) is 5.16. The fourth-order valence-corrected chi connectivity index (χ4v) is 5.16. The molecule has 30 heavy (non-hydrogen) atoms. The molecule has 1 amide bonds. The number of hydrogen-bond acceptors (Lipinski definition) is 6. The predicted octanol–water partition coefficient (Wildman–Crippen LogP) is 2.32. The lowest BCUT2D eigenvalue weighted by atomic mass is 9.88. The van der Waals surface area contributed by atoms with E-state index < -0.39 is 5.66 Å². The molecule has 2 aromatic rings. The van der Waals surface area contributed by atoms with Crippen LogP contribution in [0.15, 0.2) is 17.1 Å². The maximum atomic E-state index is 13.6. The van der Waals surface area contributed by atoms with Crippen molar-refractivity contribution in [2.45, 2.75) is 57.5 Å². The highest BCUT2D eigenvalue weighted by molar-refractivity contribution is 5.98. The molecule has 3 aliphatic rings. The van der Waals surface area contributed by atoms with Crippen LogP contribution in [-0.4, -0.2) is 28.5 Å². The first-order chi connectivity index (χ1) is 14.5. The number of anilines is 3. The van der Waals surface area contributed by atoms with E-state index in [1.165, 1.54) is 0 Å². The molecule has 5 N–H and O–H groups in total. The molecule has 1 spiro atoms. The maximum Gasteiger partial charge on any atom is 0.277 e. The molecular weight excluding hydrogens is 380 g/mol. The Kier molecular flexibility index (Phi) is 4.54. The first-order valence-electron chi connectivity index (χ1n) is 10.9. The summed E-state index contributed by atoms with van der Waals surface area (Å²) in [5, 5.41) is 9.80. The van der Waals surface area contributed by atoms with Crippen LogP contribution in [0, 0.1) is 6.92 Å². The molecule has 0 saturated heterocycles. The summed E-state index contributed by atoms with van der Waals surface area (Å²) >= 11 is 0. The van der Waals surface area contributed by atoms with Crippen LogP contribution >= 0.6 is 0 Å². The van der Waals surface area contributed by atoms with Gasteiger partial charge in [0.2, 0.25) is 0 Å². The molecule has 0 aromatic carbocycles. The van der Waals surface area contributed by atoms with Crippen LogP contribution in [0.1, 0.15) is 65.7 Å². The minimum Gasteiger partial charge on any atom is -0.370 e. The van der Waals surface area contributed by atoms with Gasteiger partial charge in [-0.2, -0.15) is 0 Å². The van der Waals surface area contributed by atoms with E-state index in [9.17, 15) is 9.59 Å². The van der Waals surface area contributed by atoms with Gasteiger partial charge in [-0.15, -0.1) is 0 Å². The second kappa shape index (κ2) is 7.12. The molecule has 8 nitrogen and oxygen atoms in total. The van der Waals surface area contributed by atoms with E-state index in [0.717, 1.165) is 73.3 Å². The van der Waals surface area contributed by atoms with E-state index >= 15 is 0 Å². The monoisotopic (exact) mass is 408 g/mol. The van der Waals surface area contributed by atoms with Crippen LogP contribution in [0.25, 0.3) is 0 Å². The summed E-state index contributed by atoms with van der Waals surface area (Å²) in [6.07, 6.45) is 8.07. The van der Waals surface area contributed by atoms with Crippen LogP contribution in [-0.2, 0) is 12.1 Å². The van der Waals surface area contributed by atoms with Gasteiger partial charge in [-0.1, -0.05) is 6.42 Å².